The van der Waals surface area contributed by atoms with Gasteiger partial charge in [0.2, 0.25) is 5.91 Å². The molecular formula is C33H44N4O6S. The number of allylic oxidation sites excluding steroid dienone is 1. The maximum Gasteiger partial charge on any atom is 0.303 e. The van der Waals surface area contributed by atoms with E-state index in [1.54, 1.807) is 0 Å². The number of rotatable bonds is 12. The van der Waals surface area contributed by atoms with Crippen LogP contribution in [0.15, 0.2) is 16.1 Å². The molecule has 0 saturated carbocycles. The second kappa shape index (κ2) is 13.7. The molecule has 2 amide bonds. The van der Waals surface area contributed by atoms with Crippen molar-refractivity contribution in [2.45, 2.75) is 97.6 Å². The van der Waals surface area contributed by atoms with Crippen molar-refractivity contribution in [1.82, 2.24) is 15.3 Å². The number of aromatic nitrogens is 2. The Balaban J connectivity index is 1.85. The van der Waals surface area contributed by atoms with Crippen LogP contribution in [0.1, 0.15) is 80.6 Å². The summed E-state index contributed by atoms with van der Waals surface area (Å²) in [5.74, 6) is -1.32. The van der Waals surface area contributed by atoms with Crippen LogP contribution in [-0.4, -0.2) is 66.4 Å². The molecule has 4 heterocycles. The van der Waals surface area contributed by atoms with Crippen molar-refractivity contribution in [2.75, 3.05) is 0 Å². The zero-order chi connectivity index (χ0) is 32.5. The highest BCUT2D eigenvalue weighted by Gasteiger charge is 2.40. The van der Waals surface area contributed by atoms with Crippen LogP contribution in [0.4, 0.5) is 0 Å². The normalized spacial score (nSPS) is 22.0. The number of hydrogen-bond acceptors (Lipinski definition) is 6. The van der Waals surface area contributed by atoms with E-state index in [0.717, 1.165) is 55.5 Å². The SMILES string of the molecule is CCC1=C(C)C(Cc2[nH]c(/C=c3\[nH]/c(=C/C4NC(=O)[C@H](C)[C@H]4C(C)S)c(C)c3CCC(=O)O)c(CCC(O)O)c2C)=NC1=O. The third kappa shape index (κ3) is 6.95. The molecule has 6 N–H and O–H groups in total. The first kappa shape index (κ1) is 33.5. The number of H-pyrrole nitrogens is 2. The number of aliphatic carboxylic acids is 1. The average molecular weight is 625 g/mol. The van der Waals surface area contributed by atoms with Crippen LogP contribution in [-0.2, 0) is 33.6 Å². The quantitative estimate of drug-likeness (QED) is 0.141. The van der Waals surface area contributed by atoms with E-state index in [-0.39, 0.29) is 47.8 Å². The van der Waals surface area contributed by atoms with Crippen LogP contribution in [0, 0.1) is 25.7 Å². The first-order chi connectivity index (χ1) is 20.7. The third-order valence-corrected chi connectivity index (χ3v) is 9.54. The van der Waals surface area contributed by atoms with Crippen LogP contribution in [0.25, 0.3) is 12.2 Å². The minimum atomic E-state index is -1.47. The molecule has 10 nitrogen and oxygen atoms in total. The summed E-state index contributed by atoms with van der Waals surface area (Å²) in [6, 6.07) is -0.234. The van der Waals surface area contributed by atoms with Gasteiger partial charge in [-0.2, -0.15) is 12.6 Å². The molecular weight excluding hydrogens is 580 g/mol. The van der Waals surface area contributed by atoms with E-state index in [1.807, 2.05) is 53.7 Å². The Labute approximate surface area is 262 Å². The molecule has 0 aliphatic carbocycles. The van der Waals surface area contributed by atoms with E-state index in [4.69, 9.17) is 0 Å². The van der Waals surface area contributed by atoms with Gasteiger partial charge in [0.25, 0.3) is 5.91 Å². The van der Waals surface area contributed by atoms with Gasteiger partial charge in [-0.25, -0.2) is 4.99 Å². The number of thiol groups is 1. The van der Waals surface area contributed by atoms with Gasteiger partial charge in [0, 0.05) is 64.0 Å². The smallest absolute Gasteiger partial charge is 0.303 e. The molecule has 11 heteroatoms. The molecule has 238 valence electrons. The number of nitrogens with zero attached hydrogens (tertiary/aromatic N) is 1. The molecule has 4 rings (SSSR count). The fourth-order valence-corrected chi connectivity index (χ4v) is 7.01. The first-order valence-electron chi connectivity index (χ1n) is 15.2. The van der Waals surface area contributed by atoms with Crippen molar-refractivity contribution in [1.29, 1.82) is 0 Å². The molecule has 44 heavy (non-hydrogen) atoms. The lowest BCUT2D eigenvalue weighted by molar-refractivity contribution is -0.137. The molecule has 2 aromatic rings. The van der Waals surface area contributed by atoms with Crippen LogP contribution in [0.2, 0.25) is 0 Å². The van der Waals surface area contributed by atoms with Gasteiger partial charge in [0.1, 0.15) is 0 Å². The number of carboxylic acids is 1. The fraction of sp³-hybridized carbons (Fsp3) is 0.515. The number of carbonyl (C=O) groups excluding carboxylic acids is 2. The number of aliphatic imine (C=N–C) groups is 1. The first-order valence-corrected chi connectivity index (χ1v) is 15.7. The molecule has 0 aromatic carbocycles. The van der Waals surface area contributed by atoms with Gasteiger partial charge in [-0.1, -0.05) is 20.8 Å². The molecule has 1 saturated heterocycles. The van der Waals surface area contributed by atoms with E-state index < -0.39 is 12.3 Å². The third-order valence-electron chi connectivity index (χ3n) is 9.19. The Morgan fingerprint density at radius 2 is 1.77 bits per heavy atom. The fourth-order valence-electron chi connectivity index (χ4n) is 6.57. The predicted octanol–water partition coefficient (Wildman–Crippen LogP) is 2.15. The summed E-state index contributed by atoms with van der Waals surface area (Å²) >= 11 is 4.65. The summed E-state index contributed by atoms with van der Waals surface area (Å²) in [4.78, 5) is 47.8. The van der Waals surface area contributed by atoms with Gasteiger partial charge in [0.05, 0.1) is 11.8 Å². The van der Waals surface area contributed by atoms with Crippen molar-refractivity contribution >= 4 is 48.3 Å². The van der Waals surface area contributed by atoms with Gasteiger partial charge < -0.3 is 30.6 Å². The van der Waals surface area contributed by atoms with E-state index in [1.165, 1.54) is 0 Å². The van der Waals surface area contributed by atoms with Gasteiger partial charge >= 0.3 is 5.97 Å². The zero-order valence-corrected chi connectivity index (χ0v) is 27.1. The number of nitrogens with one attached hydrogen (secondary N) is 3. The van der Waals surface area contributed by atoms with Gasteiger partial charge in [-0.15, -0.1) is 0 Å². The Kier molecular flexibility index (Phi) is 10.4. The van der Waals surface area contributed by atoms with Crippen molar-refractivity contribution in [2.24, 2.45) is 16.8 Å². The number of carbonyl (C=O) groups is 3. The molecule has 2 aliphatic rings. The minimum Gasteiger partial charge on any atom is -0.481 e. The summed E-state index contributed by atoms with van der Waals surface area (Å²) in [7, 11) is 0. The molecule has 2 aromatic heterocycles. The molecule has 0 radical (unpaired) electrons. The number of hydrogen-bond donors (Lipinski definition) is 7. The largest absolute Gasteiger partial charge is 0.481 e. The van der Waals surface area contributed by atoms with E-state index in [0.29, 0.717) is 31.4 Å². The van der Waals surface area contributed by atoms with Crippen LogP contribution >= 0.6 is 12.6 Å². The summed E-state index contributed by atoms with van der Waals surface area (Å²) in [5.41, 5.74) is 7.56. The highest BCUT2D eigenvalue weighted by atomic mass is 32.1. The van der Waals surface area contributed by atoms with Crippen molar-refractivity contribution in [3.63, 3.8) is 0 Å². The van der Waals surface area contributed by atoms with Crippen molar-refractivity contribution < 1.29 is 29.7 Å². The summed E-state index contributed by atoms with van der Waals surface area (Å²) in [6.45, 7) is 11.6. The average Bonchev–Trinajstić information content (AvgIpc) is 3.59. The monoisotopic (exact) mass is 624 g/mol. The highest BCUT2D eigenvalue weighted by molar-refractivity contribution is 7.80. The van der Waals surface area contributed by atoms with Gasteiger partial charge in [-0.3, -0.25) is 14.4 Å². The molecule has 0 bridgehead atoms. The Morgan fingerprint density at radius 1 is 1.07 bits per heavy atom. The summed E-state index contributed by atoms with van der Waals surface area (Å²) in [6.07, 6.45) is 4.28. The lowest BCUT2D eigenvalue weighted by Gasteiger charge is -2.21. The number of aliphatic hydroxyl groups is 2. The second-order valence-corrected chi connectivity index (χ2v) is 12.9. The summed E-state index contributed by atoms with van der Waals surface area (Å²) in [5, 5.41) is 33.4. The van der Waals surface area contributed by atoms with Crippen LogP contribution < -0.4 is 16.0 Å². The lowest BCUT2D eigenvalue weighted by atomic mass is 9.88. The Morgan fingerprint density at radius 3 is 2.36 bits per heavy atom. The molecule has 2 aliphatic heterocycles. The van der Waals surface area contributed by atoms with Gasteiger partial charge in [0.15, 0.2) is 6.29 Å². The second-order valence-electron chi connectivity index (χ2n) is 12.0. The topological polar surface area (TPSA) is 168 Å². The van der Waals surface area contributed by atoms with Gasteiger partial charge in [-0.05, 0) is 80.0 Å². The standard InChI is InChI=1S/C33H44N4O6S/c1-7-20-15(2)25(36-33(20)43)12-23-16(3)21(8-10-29(38)39)26(34-23)14-27-22(9-11-30(40)41)17(4)24(35-27)13-28-31(19(6)44)18(5)32(42)37-28/h13-14,18-19,28-29,31,34-35,38-39,44H,7-12H2,1-6H3,(H,37,42)(H,40,41)/b24-13+,27-14-/t18-,19?,28?,31+/m1/s1. The summed E-state index contributed by atoms with van der Waals surface area (Å²) < 4.78 is 0. The Hall–Kier alpha value is -3.41. The minimum absolute atomic E-state index is 0.00956. The zero-order valence-electron chi connectivity index (χ0n) is 26.2. The molecule has 1 fully saturated rings. The van der Waals surface area contributed by atoms with Crippen molar-refractivity contribution in [3.8, 4) is 0 Å². The van der Waals surface area contributed by atoms with Crippen molar-refractivity contribution in [3.05, 3.63) is 55.5 Å². The number of aliphatic hydroxyl groups excluding tert-OH is 1. The van der Waals surface area contributed by atoms with E-state index >= 15 is 0 Å². The van der Waals surface area contributed by atoms with E-state index in [9.17, 15) is 29.7 Å². The van der Waals surface area contributed by atoms with Crippen LogP contribution in [0.3, 0.4) is 0 Å². The molecule has 4 atom stereocenters. The number of amides is 2. The van der Waals surface area contributed by atoms with Crippen LogP contribution in [0.5, 0.6) is 0 Å². The highest BCUT2D eigenvalue weighted by Crippen LogP contribution is 2.30. The maximum atomic E-state index is 12.5. The lowest BCUT2D eigenvalue weighted by Crippen LogP contribution is -2.32. The maximum absolute atomic E-state index is 12.5. The molecule has 2 unspecified atom stereocenters. The number of aromatic amines is 2. The Bertz CT molecular complexity index is 1640. The number of carboxylic acid groups (broad SMARTS) is 1. The molecule has 0 spiro atoms. The predicted molar refractivity (Wildman–Crippen MR) is 173 cm³/mol. The van der Waals surface area contributed by atoms with E-state index in [2.05, 4.69) is 32.9 Å².